The number of benzene rings is 1. The van der Waals surface area contributed by atoms with E-state index in [4.69, 9.17) is 11.6 Å². The molecule has 2 saturated carbocycles. The standard InChI is InChI=1S/C18H17ClN2O4/c1-8(2)14-10-4-5-11(14)16-15(10)17(22)20(18(16)23)9-3-6-12(19)13(7-9)21(24)25/h3,6-7,10-11,15-16H,4-5H2,1-2H3/t10-,11+,15-,16-/m0/s1. The molecule has 2 aliphatic carbocycles. The second-order valence-corrected chi connectivity index (χ2v) is 7.61. The summed E-state index contributed by atoms with van der Waals surface area (Å²) in [6.07, 6.45) is 1.86. The van der Waals surface area contributed by atoms with Gasteiger partial charge in [0.25, 0.3) is 5.69 Å². The summed E-state index contributed by atoms with van der Waals surface area (Å²) in [6.45, 7) is 4.08. The van der Waals surface area contributed by atoms with Gasteiger partial charge < -0.3 is 0 Å². The Morgan fingerprint density at radius 1 is 1.16 bits per heavy atom. The van der Waals surface area contributed by atoms with Crippen LogP contribution in [0.25, 0.3) is 0 Å². The Morgan fingerprint density at radius 3 is 2.20 bits per heavy atom. The molecule has 4 atom stereocenters. The minimum Gasteiger partial charge on any atom is -0.274 e. The molecule has 1 aliphatic heterocycles. The van der Waals surface area contributed by atoms with Crippen LogP contribution in [0.3, 0.4) is 0 Å². The number of anilines is 1. The molecular weight excluding hydrogens is 344 g/mol. The lowest BCUT2D eigenvalue weighted by atomic mass is 9.81. The number of carbonyl (C=O) groups is 2. The largest absolute Gasteiger partial charge is 0.289 e. The summed E-state index contributed by atoms with van der Waals surface area (Å²) < 4.78 is 0. The molecule has 130 valence electrons. The number of nitro benzene ring substituents is 1. The molecule has 0 N–H and O–H groups in total. The summed E-state index contributed by atoms with van der Waals surface area (Å²) >= 11 is 5.84. The van der Waals surface area contributed by atoms with Crippen molar-refractivity contribution in [3.05, 3.63) is 44.5 Å². The summed E-state index contributed by atoms with van der Waals surface area (Å²) in [6, 6.07) is 4.07. The van der Waals surface area contributed by atoms with E-state index in [0.717, 1.165) is 17.7 Å². The van der Waals surface area contributed by atoms with Gasteiger partial charge in [0.05, 0.1) is 22.4 Å². The smallest absolute Gasteiger partial charge is 0.274 e. The van der Waals surface area contributed by atoms with Gasteiger partial charge in [0.2, 0.25) is 11.8 Å². The van der Waals surface area contributed by atoms with Crippen LogP contribution in [0.2, 0.25) is 5.02 Å². The van der Waals surface area contributed by atoms with Crippen molar-refractivity contribution in [1.82, 2.24) is 0 Å². The lowest BCUT2D eigenvalue weighted by molar-refractivity contribution is -0.384. The normalized spacial score (nSPS) is 30.2. The third kappa shape index (κ3) is 2.10. The lowest BCUT2D eigenvalue weighted by Crippen LogP contribution is -2.33. The fraction of sp³-hybridized carbons (Fsp3) is 0.444. The van der Waals surface area contributed by atoms with Crippen molar-refractivity contribution in [1.29, 1.82) is 0 Å². The number of allylic oxidation sites excluding steroid dienone is 2. The number of carbonyl (C=O) groups excluding carboxylic acids is 2. The van der Waals surface area contributed by atoms with E-state index < -0.39 is 4.92 Å². The Hall–Kier alpha value is -2.21. The first-order chi connectivity index (χ1) is 11.8. The number of imide groups is 1. The average Bonchev–Trinajstić information content (AvgIpc) is 3.18. The second kappa shape index (κ2) is 5.39. The predicted octanol–water partition coefficient (Wildman–Crippen LogP) is 3.73. The van der Waals surface area contributed by atoms with Crippen molar-refractivity contribution < 1.29 is 14.5 Å². The third-order valence-corrected chi connectivity index (χ3v) is 6.13. The van der Waals surface area contributed by atoms with Gasteiger partial charge in [0, 0.05) is 6.07 Å². The van der Waals surface area contributed by atoms with Crippen LogP contribution in [-0.2, 0) is 9.59 Å². The van der Waals surface area contributed by atoms with Crippen molar-refractivity contribution in [3.63, 3.8) is 0 Å². The van der Waals surface area contributed by atoms with Crippen LogP contribution in [0.15, 0.2) is 29.3 Å². The molecule has 1 aromatic carbocycles. The van der Waals surface area contributed by atoms with Crippen molar-refractivity contribution in [2.75, 3.05) is 4.90 Å². The maximum Gasteiger partial charge on any atom is 0.289 e. The molecule has 25 heavy (non-hydrogen) atoms. The van der Waals surface area contributed by atoms with Gasteiger partial charge in [-0.25, -0.2) is 4.90 Å². The Bertz CT molecular complexity index is 827. The average molecular weight is 361 g/mol. The SMILES string of the molecule is CC(C)=C1[C@H]2CC[C@@H]1[C@@H]1C(=O)N(c3ccc(Cl)c([N+](=O)[O-])c3)C(=O)[C@H]12. The van der Waals surface area contributed by atoms with Gasteiger partial charge in [-0.15, -0.1) is 0 Å². The fourth-order valence-corrected chi connectivity index (χ4v) is 5.21. The highest BCUT2D eigenvalue weighted by atomic mass is 35.5. The zero-order valence-electron chi connectivity index (χ0n) is 13.9. The molecule has 1 aromatic rings. The zero-order valence-corrected chi connectivity index (χ0v) is 14.6. The first kappa shape index (κ1) is 16.3. The minimum atomic E-state index is -0.608. The molecule has 3 fully saturated rings. The van der Waals surface area contributed by atoms with Crippen LogP contribution in [0.4, 0.5) is 11.4 Å². The zero-order chi connectivity index (χ0) is 18.0. The molecule has 0 radical (unpaired) electrons. The van der Waals surface area contributed by atoms with E-state index >= 15 is 0 Å². The maximum absolute atomic E-state index is 13.0. The molecule has 1 saturated heterocycles. The predicted molar refractivity (Wildman–Crippen MR) is 92.2 cm³/mol. The third-order valence-electron chi connectivity index (χ3n) is 5.81. The Morgan fingerprint density at radius 2 is 1.72 bits per heavy atom. The van der Waals surface area contributed by atoms with Crippen LogP contribution in [-0.4, -0.2) is 16.7 Å². The molecule has 3 aliphatic rings. The number of hydrogen-bond acceptors (Lipinski definition) is 4. The second-order valence-electron chi connectivity index (χ2n) is 7.20. The topological polar surface area (TPSA) is 80.5 Å². The van der Waals surface area contributed by atoms with E-state index in [9.17, 15) is 19.7 Å². The van der Waals surface area contributed by atoms with E-state index in [2.05, 4.69) is 0 Å². The van der Waals surface area contributed by atoms with Crippen molar-refractivity contribution in [2.45, 2.75) is 26.7 Å². The Balaban J connectivity index is 1.76. The first-order valence-corrected chi connectivity index (χ1v) is 8.69. The number of fused-ring (bicyclic) bond motifs is 5. The maximum atomic E-state index is 13.0. The van der Waals surface area contributed by atoms with Gasteiger partial charge >= 0.3 is 0 Å². The molecule has 4 rings (SSSR count). The highest BCUT2D eigenvalue weighted by Gasteiger charge is 2.63. The number of amides is 2. The number of halogens is 1. The first-order valence-electron chi connectivity index (χ1n) is 8.32. The van der Waals surface area contributed by atoms with Crippen molar-refractivity contribution in [3.8, 4) is 0 Å². The molecule has 0 aromatic heterocycles. The van der Waals surface area contributed by atoms with Crippen LogP contribution < -0.4 is 4.90 Å². The van der Waals surface area contributed by atoms with Gasteiger partial charge in [-0.1, -0.05) is 22.7 Å². The summed E-state index contributed by atoms with van der Waals surface area (Å²) in [5.74, 6) is -0.876. The van der Waals surface area contributed by atoms with E-state index in [-0.39, 0.29) is 51.9 Å². The fourth-order valence-electron chi connectivity index (χ4n) is 5.03. The van der Waals surface area contributed by atoms with Crippen LogP contribution >= 0.6 is 11.6 Å². The number of hydrogen-bond donors (Lipinski definition) is 0. The number of nitro groups is 1. The summed E-state index contributed by atoms with van der Waals surface area (Å²) in [4.78, 5) is 37.6. The molecule has 2 amide bonds. The van der Waals surface area contributed by atoms with E-state index in [1.54, 1.807) is 0 Å². The van der Waals surface area contributed by atoms with Gasteiger partial charge in [0.1, 0.15) is 5.02 Å². The van der Waals surface area contributed by atoms with Gasteiger partial charge in [-0.2, -0.15) is 0 Å². The van der Waals surface area contributed by atoms with Crippen molar-refractivity contribution >= 4 is 34.8 Å². The Labute approximate surface area is 149 Å². The molecule has 0 unspecified atom stereocenters. The van der Waals surface area contributed by atoms with E-state index in [0.29, 0.717) is 0 Å². The highest BCUT2D eigenvalue weighted by Crippen LogP contribution is 2.60. The molecule has 6 nitrogen and oxygen atoms in total. The molecular formula is C18H17ClN2O4. The molecule has 0 spiro atoms. The lowest BCUT2D eigenvalue weighted by Gasteiger charge is -2.19. The monoisotopic (exact) mass is 360 g/mol. The van der Waals surface area contributed by atoms with Gasteiger partial charge in [-0.05, 0) is 50.7 Å². The van der Waals surface area contributed by atoms with E-state index in [1.807, 2.05) is 13.8 Å². The summed E-state index contributed by atoms with van der Waals surface area (Å²) in [5.41, 5.74) is 2.41. The molecule has 2 bridgehead atoms. The number of rotatable bonds is 2. The van der Waals surface area contributed by atoms with Crippen LogP contribution in [0.1, 0.15) is 26.7 Å². The van der Waals surface area contributed by atoms with Gasteiger partial charge in [-0.3, -0.25) is 19.7 Å². The van der Waals surface area contributed by atoms with Gasteiger partial charge in [0.15, 0.2) is 0 Å². The minimum absolute atomic E-state index is 0.0139. The summed E-state index contributed by atoms with van der Waals surface area (Å²) in [7, 11) is 0. The molecule has 1 heterocycles. The van der Waals surface area contributed by atoms with Crippen LogP contribution in [0, 0.1) is 33.8 Å². The van der Waals surface area contributed by atoms with E-state index in [1.165, 1.54) is 29.3 Å². The summed E-state index contributed by atoms with van der Waals surface area (Å²) in [5, 5.41) is 11.1. The van der Waals surface area contributed by atoms with Crippen LogP contribution in [0.5, 0.6) is 0 Å². The number of nitrogens with zero attached hydrogens (tertiary/aromatic N) is 2. The Kier molecular flexibility index (Phi) is 3.51. The van der Waals surface area contributed by atoms with Crippen molar-refractivity contribution in [2.24, 2.45) is 23.7 Å². The molecule has 7 heteroatoms. The quantitative estimate of drug-likeness (QED) is 0.348. The highest BCUT2D eigenvalue weighted by molar-refractivity contribution is 6.33.